The molecule has 0 atom stereocenters. The van der Waals surface area contributed by atoms with E-state index in [-0.39, 0.29) is 17.2 Å². The fourth-order valence-corrected chi connectivity index (χ4v) is 2.07. The Balaban J connectivity index is 2.12. The lowest BCUT2D eigenvalue weighted by Crippen LogP contribution is -2.08. The third-order valence-electron chi connectivity index (χ3n) is 2.34. The number of hydrazine groups is 1. The zero-order valence-electron chi connectivity index (χ0n) is 9.48. The molecule has 0 fully saturated rings. The van der Waals surface area contributed by atoms with E-state index in [4.69, 9.17) is 0 Å². The summed E-state index contributed by atoms with van der Waals surface area (Å²) in [5.41, 5.74) is 6.77. The number of nitrogens with zero attached hydrogens (tertiary/aromatic N) is 1. The molecular weight excluding hydrogens is 238 g/mol. The summed E-state index contributed by atoms with van der Waals surface area (Å²) in [4.78, 5) is 5.39. The van der Waals surface area contributed by atoms with Crippen molar-refractivity contribution < 1.29 is 10.2 Å². The monoisotopic (exact) mass is 251 g/mol. The summed E-state index contributed by atoms with van der Waals surface area (Å²) < 4.78 is 0. The van der Waals surface area contributed by atoms with Crippen LogP contribution in [-0.2, 0) is 0 Å². The lowest BCUT2D eigenvalue weighted by molar-refractivity contribution is 0.454. The molecule has 0 bridgehead atoms. The van der Waals surface area contributed by atoms with Crippen LogP contribution >= 0.6 is 11.3 Å². The van der Waals surface area contributed by atoms with Crippen molar-refractivity contribution in [2.75, 3.05) is 10.9 Å². The first kappa shape index (κ1) is 11.5. The first-order valence-electron chi connectivity index (χ1n) is 5.05. The van der Waals surface area contributed by atoms with E-state index in [1.54, 1.807) is 6.07 Å². The van der Waals surface area contributed by atoms with Crippen molar-refractivity contribution in [2.45, 2.75) is 13.8 Å². The molecule has 0 amide bonds. The lowest BCUT2D eigenvalue weighted by Gasteiger charge is -2.09. The number of phenolic OH excluding ortho intramolecular Hbond substituents is 2. The molecule has 0 aliphatic rings. The molecule has 0 saturated heterocycles. The van der Waals surface area contributed by atoms with Crippen molar-refractivity contribution in [3.05, 3.63) is 28.8 Å². The highest BCUT2D eigenvalue weighted by molar-refractivity contribution is 7.15. The first-order valence-corrected chi connectivity index (χ1v) is 5.86. The number of aryl methyl sites for hydroxylation is 2. The van der Waals surface area contributed by atoms with Crippen LogP contribution in [0, 0.1) is 13.8 Å². The number of para-hydroxylation sites is 1. The number of hydrogen-bond donors (Lipinski definition) is 4. The van der Waals surface area contributed by atoms with Crippen LogP contribution in [0.2, 0.25) is 0 Å². The van der Waals surface area contributed by atoms with Crippen LogP contribution in [0.1, 0.15) is 10.6 Å². The number of anilines is 2. The van der Waals surface area contributed by atoms with E-state index in [9.17, 15) is 10.2 Å². The summed E-state index contributed by atoms with van der Waals surface area (Å²) >= 11 is 1.50. The Kier molecular flexibility index (Phi) is 3.06. The van der Waals surface area contributed by atoms with Gasteiger partial charge in [0.05, 0.1) is 5.69 Å². The Morgan fingerprint density at radius 1 is 1.12 bits per heavy atom. The van der Waals surface area contributed by atoms with Crippen LogP contribution in [0.15, 0.2) is 18.2 Å². The van der Waals surface area contributed by atoms with Gasteiger partial charge in [-0.3, -0.25) is 10.9 Å². The molecule has 1 aromatic carbocycles. The second-order valence-electron chi connectivity index (χ2n) is 3.58. The van der Waals surface area contributed by atoms with Crippen molar-refractivity contribution >= 4 is 22.2 Å². The number of nitrogens with one attached hydrogen (secondary N) is 2. The van der Waals surface area contributed by atoms with Gasteiger partial charge in [0.15, 0.2) is 0 Å². The van der Waals surface area contributed by atoms with Gasteiger partial charge in [-0.15, -0.1) is 11.3 Å². The van der Waals surface area contributed by atoms with Crippen molar-refractivity contribution in [2.24, 2.45) is 0 Å². The van der Waals surface area contributed by atoms with Gasteiger partial charge in [-0.25, -0.2) is 4.98 Å². The minimum Gasteiger partial charge on any atom is -0.506 e. The predicted octanol–water partition coefficient (Wildman–Crippen LogP) is 2.61. The van der Waals surface area contributed by atoms with Crippen molar-refractivity contribution in [3.8, 4) is 11.5 Å². The van der Waals surface area contributed by atoms with Gasteiger partial charge in [0.2, 0.25) is 5.13 Å². The van der Waals surface area contributed by atoms with E-state index in [1.165, 1.54) is 23.5 Å². The first-order chi connectivity index (χ1) is 8.08. The largest absolute Gasteiger partial charge is 0.506 e. The van der Waals surface area contributed by atoms with Gasteiger partial charge in [0.1, 0.15) is 17.2 Å². The number of phenols is 2. The van der Waals surface area contributed by atoms with Crippen LogP contribution in [-0.4, -0.2) is 15.2 Å². The second-order valence-corrected chi connectivity index (χ2v) is 4.79. The van der Waals surface area contributed by atoms with E-state index in [1.807, 2.05) is 13.8 Å². The highest BCUT2D eigenvalue weighted by Crippen LogP contribution is 2.32. The molecule has 0 radical (unpaired) electrons. The Morgan fingerprint density at radius 3 is 2.29 bits per heavy atom. The van der Waals surface area contributed by atoms with Crippen LogP contribution in [0.5, 0.6) is 11.5 Å². The predicted molar refractivity (Wildman–Crippen MR) is 68.6 cm³/mol. The van der Waals surface area contributed by atoms with Crippen molar-refractivity contribution in [1.82, 2.24) is 4.98 Å². The summed E-state index contributed by atoms with van der Waals surface area (Å²) in [6, 6.07) is 4.54. The van der Waals surface area contributed by atoms with Crippen LogP contribution < -0.4 is 10.9 Å². The third-order valence-corrected chi connectivity index (χ3v) is 3.33. The SMILES string of the molecule is Cc1nc(NNc2c(O)cccc2O)sc1C. The van der Waals surface area contributed by atoms with E-state index >= 15 is 0 Å². The standard InChI is InChI=1S/C11H13N3O2S/c1-6-7(2)17-11(12-6)14-13-10-8(15)4-3-5-9(10)16/h3-5,13,15-16H,1-2H3,(H,12,14). The topological polar surface area (TPSA) is 77.4 Å². The molecule has 2 rings (SSSR count). The van der Waals surface area contributed by atoms with Gasteiger partial charge in [0, 0.05) is 4.88 Å². The fraction of sp³-hybridized carbons (Fsp3) is 0.182. The minimum absolute atomic E-state index is 0.0255. The van der Waals surface area contributed by atoms with Gasteiger partial charge in [-0.05, 0) is 26.0 Å². The quantitative estimate of drug-likeness (QED) is 0.498. The number of hydrogen-bond acceptors (Lipinski definition) is 6. The molecule has 1 aromatic heterocycles. The zero-order valence-corrected chi connectivity index (χ0v) is 10.3. The zero-order chi connectivity index (χ0) is 12.4. The fourth-order valence-electron chi connectivity index (χ4n) is 1.30. The third kappa shape index (κ3) is 2.42. The lowest BCUT2D eigenvalue weighted by atomic mass is 10.3. The maximum absolute atomic E-state index is 9.55. The van der Waals surface area contributed by atoms with Crippen molar-refractivity contribution in [1.29, 1.82) is 0 Å². The van der Waals surface area contributed by atoms with Crippen LogP contribution in [0.3, 0.4) is 0 Å². The average molecular weight is 251 g/mol. The number of rotatable bonds is 3. The molecule has 90 valence electrons. The molecule has 1 heterocycles. The van der Waals surface area contributed by atoms with Gasteiger partial charge in [0.25, 0.3) is 0 Å². The molecule has 0 saturated carbocycles. The Labute approximate surface area is 103 Å². The Bertz CT molecular complexity index is 500. The average Bonchev–Trinajstić information content (AvgIpc) is 2.58. The number of thiazole rings is 1. The second kappa shape index (κ2) is 4.50. The summed E-state index contributed by atoms with van der Waals surface area (Å²) in [5.74, 6) is -0.0509. The maximum Gasteiger partial charge on any atom is 0.202 e. The van der Waals surface area contributed by atoms with E-state index in [0.717, 1.165) is 10.6 Å². The molecule has 2 aromatic rings. The summed E-state index contributed by atoms with van der Waals surface area (Å²) in [7, 11) is 0. The molecule has 0 spiro atoms. The molecule has 6 heteroatoms. The van der Waals surface area contributed by atoms with Gasteiger partial charge >= 0.3 is 0 Å². The van der Waals surface area contributed by atoms with E-state index in [0.29, 0.717) is 5.13 Å². The number of benzene rings is 1. The van der Waals surface area contributed by atoms with Crippen molar-refractivity contribution in [3.63, 3.8) is 0 Å². The van der Waals surface area contributed by atoms with Gasteiger partial charge < -0.3 is 10.2 Å². The Morgan fingerprint density at radius 2 is 1.76 bits per heavy atom. The number of aromatic hydroxyl groups is 2. The van der Waals surface area contributed by atoms with Gasteiger partial charge in [-0.2, -0.15) is 0 Å². The normalized spacial score (nSPS) is 10.2. The van der Waals surface area contributed by atoms with Gasteiger partial charge in [-0.1, -0.05) is 6.07 Å². The molecule has 17 heavy (non-hydrogen) atoms. The maximum atomic E-state index is 9.55. The van der Waals surface area contributed by atoms with Crippen LogP contribution in [0.4, 0.5) is 10.8 Å². The minimum atomic E-state index is -0.0255. The Hall–Kier alpha value is -1.95. The summed E-state index contributed by atoms with van der Waals surface area (Å²) in [5, 5.41) is 19.8. The molecule has 0 aliphatic heterocycles. The molecule has 0 aliphatic carbocycles. The summed E-state index contributed by atoms with van der Waals surface area (Å²) in [6.45, 7) is 3.91. The highest BCUT2D eigenvalue weighted by atomic mass is 32.1. The molecular formula is C11H13N3O2S. The van der Waals surface area contributed by atoms with E-state index < -0.39 is 0 Å². The van der Waals surface area contributed by atoms with E-state index in [2.05, 4.69) is 15.8 Å². The smallest absolute Gasteiger partial charge is 0.202 e. The molecule has 5 nitrogen and oxygen atoms in total. The number of aromatic nitrogens is 1. The molecule has 4 N–H and O–H groups in total. The van der Waals surface area contributed by atoms with Crippen LogP contribution in [0.25, 0.3) is 0 Å². The molecule has 0 unspecified atom stereocenters. The summed E-state index contributed by atoms with van der Waals surface area (Å²) in [6.07, 6.45) is 0. The highest BCUT2D eigenvalue weighted by Gasteiger charge is 2.07.